The van der Waals surface area contributed by atoms with E-state index in [9.17, 15) is 9.59 Å². The van der Waals surface area contributed by atoms with Gasteiger partial charge in [-0.3, -0.25) is 9.59 Å². The molecule has 0 fully saturated rings. The Morgan fingerprint density at radius 1 is 1.23 bits per heavy atom. The summed E-state index contributed by atoms with van der Waals surface area (Å²) in [5.74, 6) is 0.373. The Bertz CT molecular complexity index is 178. The van der Waals surface area contributed by atoms with Crippen molar-refractivity contribution in [3.05, 3.63) is 0 Å². The van der Waals surface area contributed by atoms with E-state index in [4.69, 9.17) is 0 Å². The molecule has 0 N–H and O–H groups in total. The molecule has 0 aromatic carbocycles. The molecule has 0 saturated heterocycles. The Balaban J connectivity index is 3.63. The minimum absolute atomic E-state index is 0.132. The van der Waals surface area contributed by atoms with Crippen molar-refractivity contribution in [3.8, 4) is 0 Å². The van der Waals surface area contributed by atoms with Crippen molar-refractivity contribution in [3.63, 3.8) is 0 Å². The van der Waals surface area contributed by atoms with Crippen LogP contribution in [0.15, 0.2) is 0 Å². The molecule has 0 aromatic rings. The van der Waals surface area contributed by atoms with Crippen molar-refractivity contribution < 1.29 is 9.59 Å². The van der Waals surface area contributed by atoms with Gasteiger partial charge in [0.1, 0.15) is 11.6 Å². The Morgan fingerprint density at radius 2 is 1.85 bits per heavy atom. The summed E-state index contributed by atoms with van der Waals surface area (Å²) in [7, 11) is 0. The molecule has 0 rings (SSSR count). The second-order valence-corrected chi connectivity index (χ2v) is 3.79. The molecule has 13 heavy (non-hydrogen) atoms. The number of hydrogen-bond donors (Lipinski definition) is 1. The molecule has 0 bridgehead atoms. The molecule has 0 aliphatic heterocycles. The van der Waals surface area contributed by atoms with Crippen molar-refractivity contribution in [2.75, 3.05) is 0 Å². The second-order valence-electron chi connectivity index (χ2n) is 3.16. The number of thiol groups is 1. The van der Waals surface area contributed by atoms with E-state index in [2.05, 4.69) is 12.6 Å². The predicted octanol–water partition coefficient (Wildman–Crippen LogP) is 2.41. The van der Waals surface area contributed by atoms with Gasteiger partial charge >= 0.3 is 0 Å². The topological polar surface area (TPSA) is 34.1 Å². The SMILES string of the molecule is CCCC(=O)CCC(S)C(=O)CC. The highest BCUT2D eigenvalue weighted by Crippen LogP contribution is 2.09. The Morgan fingerprint density at radius 3 is 2.31 bits per heavy atom. The molecule has 0 radical (unpaired) electrons. The van der Waals surface area contributed by atoms with Gasteiger partial charge in [-0.2, -0.15) is 12.6 Å². The first-order valence-corrected chi connectivity index (χ1v) is 5.35. The molecule has 1 unspecified atom stereocenters. The lowest BCUT2D eigenvalue weighted by molar-refractivity contribution is -0.119. The number of hydrogen-bond acceptors (Lipinski definition) is 3. The van der Waals surface area contributed by atoms with Crippen LogP contribution in [0, 0.1) is 0 Å². The molecule has 76 valence electrons. The molecule has 0 aromatic heterocycles. The van der Waals surface area contributed by atoms with Gasteiger partial charge in [-0.1, -0.05) is 13.8 Å². The third kappa shape index (κ3) is 5.86. The van der Waals surface area contributed by atoms with E-state index < -0.39 is 0 Å². The van der Waals surface area contributed by atoms with Crippen LogP contribution in [0.1, 0.15) is 46.0 Å². The molecule has 3 heteroatoms. The van der Waals surface area contributed by atoms with Crippen LogP contribution in [0.25, 0.3) is 0 Å². The van der Waals surface area contributed by atoms with Gasteiger partial charge in [0.2, 0.25) is 0 Å². The molecule has 0 heterocycles. The quantitative estimate of drug-likeness (QED) is 0.643. The van der Waals surface area contributed by atoms with Crippen LogP contribution in [0.3, 0.4) is 0 Å². The fraction of sp³-hybridized carbons (Fsp3) is 0.800. The van der Waals surface area contributed by atoms with Crippen LogP contribution in [0.4, 0.5) is 0 Å². The maximum atomic E-state index is 11.1. The molecule has 0 spiro atoms. The standard InChI is InChI=1S/C10H18O2S/c1-3-5-8(11)6-7-10(13)9(12)4-2/h10,13H,3-7H2,1-2H3. The van der Waals surface area contributed by atoms with Gasteiger partial charge in [-0.25, -0.2) is 0 Å². The Kier molecular flexibility index (Phi) is 6.96. The van der Waals surface area contributed by atoms with E-state index in [1.54, 1.807) is 0 Å². The molecule has 2 nitrogen and oxygen atoms in total. The number of carbonyl (C=O) groups is 2. The van der Waals surface area contributed by atoms with Gasteiger partial charge in [0.25, 0.3) is 0 Å². The zero-order chi connectivity index (χ0) is 10.3. The summed E-state index contributed by atoms with van der Waals surface area (Å²) in [6, 6.07) is 0. The van der Waals surface area contributed by atoms with E-state index in [0.29, 0.717) is 25.7 Å². The van der Waals surface area contributed by atoms with Crippen LogP contribution < -0.4 is 0 Å². The van der Waals surface area contributed by atoms with Gasteiger partial charge in [0, 0.05) is 19.3 Å². The van der Waals surface area contributed by atoms with Gasteiger partial charge < -0.3 is 0 Å². The highest BCUT2D eigenvalue weighted by atomic mass is 32.1. The summed E-state index contributed by atoms with van der Waals surface area (Å²) >= 11 is 4.15. The zero-order valence-corrected chi connectivity index (χ0v) is 9.27. The maximum Gasteiger partial charge on any atom is 0.145 e. The molecule has 0 amide bonds. The van der Waals surface area contributed by atoms with Crippen LogP contribution in [0.5, 0.6) is 0 Å². The van der Waals surface area contributed by atoms with Crippen LogP contribution in [-0.4, -0.2) is 16.8 Å². The minimum Gasteiger partial charge on any atom is -0.300 e. The summed E-state index contributed by atoms with van der Waals surface area (Å²) in [6.07, 6.45) is 3.11. The fourth-order valence-corrected chi connectivity index (χ4v) is 1.41. The lowest BCUT2D eigenvalue weighted by Crippen LogP contribution is -2.14. The number of rotatable bonds is 7. The van der Waals surface area contributed by atoms with E-state index in [0.717, 1.165) is 6.42 Å². The lowest BCUT2D eigenvalue weighted by atomic mass is 10.1. The first-order chi connectivity index (χ1) is 6.11. The molecular formula is C10H18O2S. The molecule has 1 atom stereocenters. The van der Waals surface area contributed by atoms with Crippen LogP contribution in [0.2, 0.25) is 0 Å². The third-order valence-corrected chi connectivity index (χ3v) is 2.49. The van der Waals surface area contributed by atoms with Gasteiger partial charge in [0.15, 0.2) is 0 Å². The molecule has 0 saturated carbocycles. The van der Waals surface area contributed by atoms with Gasteiger partial charge in [-0.05, 0) is 12.8 Å². The normalized spacial score (nSPS) is 12.5. The first-order valence-electron chi connectivity index (χ1n) is 4.84. The van der Waals surface area contributed by atoms with Crippen molar-refractivity contribution in [1.29, 1.82) is 0 Å². The van der Waals surface area contributed by atoms with Crippen molar-refractivity contribution in [2.24, 2.45) is 0 Å². The molecule has 0 aliphatic carbocycles. The summed E-state index contributed by atoms with van der Waals surface area (Å²) in [6.45, 7) is 3.80. The van der Waals surface area contributed by atoms with Crippen LogP contribution in [-0.2, 0) is 9.59 Å². The molecule has 0 aliphatic rings. The van der Waals surface area contributed by atoms with Crippen molar-refractivity contribution in [1.82, 2.24) is 0 Å². The smallest absolute Gasteiger partial charge is 0.145 e. The van der Waals surface area contributed by atoms with E-state index in [-0.39, 0.29) is 16.8 Å². The number of Topliss-reactive ketones (excluding diaryl/α,β-unsaturated/α-hetero) is 2. The highest BCUT2D eigenvalue weighted by molar-refractivity contribution is 7.81. The molecular weight excluding hydrogens is 184 g/mol. The average molecular weight is 202 g/mol. The van der Waals surface area contributed by atoms with E-state index in [1.807, 2.05) is 13.8 Å². The Hall–Kier alpha value is -0.310. The number of ketones is 2. The predicted molar refractivity (Wildman–Crippen MR) is 57.2 cm³/mol. The summed E-state index contributed by atoms with van der Waals surface area (Å²) in [5.41, 5.74) is 0. The first kappa shape index (κ1) is 12.7. The van der Waals surface area contributed by atoms with Gasteiger partial charge in [-0.15, -0.1) is 0 Å². The maximum absolute atomic E-state index is 11.1. The van der Waals surface area contributed by atoms with E-state index >= 15 is 0 Å². The van der Waals surface area contributed by atoms with Gasteiger partial charge in [0.05, 0.1) is 5.25 Å². The van der Waals surface area contributed by atoms with Crippen LogP contribution >= 0.6 is 12.6 Å². The fourth-order valence-electron chi connectivity index (χ4n) is 1.10. The monoisotopic (exact) mass is 202 g/mol. The summed E-state index contributed by atoms with van der Waals surface area (Å²) < 4.78 is 0. The summed E-state index contributed by atoms with van der Waals surface area (Å²) in [5, 5.41) is -0.245. The minimum atomic E-state index is -0.245. The highest BCUT2D eigenvalue weighted by Gasteiger charge is 2.12. The van der Waals surface area contributed by atoms with Crippen molar-refractivity contribution in [2.45, 2.75) is 51.2 Å². The van der Waals surface area contributed by atoms with Crippen molar-refractivity contribution >= 4 is 24.2 Å². The Labute approximate surface area is 85.5 Å². The third-order valence-electron chi connectivity index (χ3n) is 1.95. The average Bonchev–Trinajstić information content (AvgIpc) is 2.13. The zero-order valence-electron chi connectivity index (χ0n) is 8.38. The second kappa shape index (κ2) is 7.13. The summed E-state index contributed by atoms with van der Waals surface area (Å²) in [4.78, 5) is 22.2. The van der Waals surface area contributed by atoms with E-state index in [1.165, 1.54) is 0 Å². The number of carbonyl (C=O) groups excluding carboxylic acids is 2. The largest absolute Gasteiger partial charge is 0.300 e. The lowest BCUT2D eigenvalue weighted by Gasteiger charge is -2.06.